The third-order valence-electron chi connectivity index (χ3n) is 3.35. The van der Waals surface area contributed by atoms with Crippen LogP contribution in [0.2, 0.25) is 0 Å². The first-order valence-corrected chi connectivity index (χ1v) is 7.69. The second-order valence-corrected chi connectivity index (χ2v) is 5.74. The molecule has 1 aliphatic heterocycles. The number of aliphatic hydroxyl groups is 1. The fourth-order valence-electron chi connectivity index (χ4n) is 2.25. The maximum absolute atomic E-state index is 10.4. The van der Waals surface area contributed by atoms with Gasteiger partial charge in [0.15, 0.2) is 0 Å². The number of hydrogen-bond acceptors (Lipinski definition) is 5. The van der Waals surface area contributed by atoms with Gasteiger partial charge >= 0.3 is 0 Å². The molecule has 6 heteroatoms. The fraction of sp³-hybridized carbons (Fsp3) is 0.429. The van der Waals surface area contributed by atoms with Gasteiger partial charge in [0.25, 0.3) is 0 Å². The molecule has 3 rings (SSSR count). The smallest absolute Gasteiger partial charge is 0.138 e. The van der Waals surface area contributed by atoms with Gasteiger partial charge in [-0.1, -0.05) is 12.1 Å². The molecule has 5 nitrogen and oxygen atoms in total. The highest BCUT2D eigenvalue weighted by molar-refractivity contribution is 7.99. The van der Waals surface area contributed by atoms with Gasteiger partial charge in [0.2, 0.25) is 0 Å². The number of rotatable bonds is 4. The minimum Gasteiger partial charge on any atom is -0.486 e. The number of fused-ring (bicyclic) bond motifs is 1. The van der Waals surface area contributed by atoms with E-state index in [1.54, 1.807) is 16.4 Å². The highest BCUT2D eigenvalue weighted by Gasteiger charge is 2.27. The monoisotopic (exact) mass is 291 g/mol. The van der Waals surface area contributed by atoms with Crippen LogP contribution in [0.25, 0.3) is 0 Å². The molecule has 2 heterocycles. The zero-order chi connectivity index (χ0) is 13.9. The number of aliphatic hydroxyl groups excluding tert-OH is 1. The third-order valence-corrected chi connectivity index (χ3v) is 4.49. The summed E-state index contributed by atoms with van der Waals surface area (Å²) in [6, 6.07) is 7.92. The van der Waals surface area contributed by atoms with Crippen LogP contribution in [0.3, 0.4) is 0 Å². The van der Waals surface area contributed by atoms with E-state index in [9.17, 15) is 5.11 Å². The van der Waals surface area contributed by atoms with Crippen molar-refractivity contribution in [3.05, 3.63) is 36.4 Å². The average molecular weight is 291 g/mol. The van der Waals surface area contributed by atoms with Crippen LogP contribution in [0.1, 0.15) is 12.7 Å². The van der Waals surface area contributed by atoms with Gasteiger partial charge in [-0.15, -0.1) is 11.8 Å². The summed E-state index contributed by atoms with van der Waals surface area (Å²) in [6.07, 6.45) is 1.20. The molecule has 2 atom stereocenters. The van der Waals surface area contributed by atoms with Crippen molar-refractivity contribution in [3.8, 4) is 5.75 Å². The van der Waals surface area contributed by atoms with Crippen molar-refractivity contribution < 1.29 is 9.84 Å². The molecular weight excluding hydrogens is 274 g/mol. The molecule has 1 N–H and O–H groups in total. The van der Waals surface area contributed by atoms with E-state index in [0.29, 0.717) is 6.42 Å². The summed E-state index contributed by atoms with van der Waals surface area (Å²) in [6.45, 7) is 2.76. The maximum Gasteiger partial charge on any atom is 0.138 e. The Morgan fingerprint density at radius 2 is 2.35 bits per heavy atom. The van der Waals surface area contributed by atoms with Crippen LogP contribution < -0.4 is 4.74 Å². The van der Waals surface area contributed by atoms with Gasteiger partial charge < -0.3 is 9.84 Å². The molecule has 1 aliphatic rings. The van der Waals surface area contributed by atoms with Crippen molar-refractivity contribution in [3.63, 3.8) is 0 Å². The predicted octanol–water partition coefficient (Wildman–Crippen LogP) is 1.75. The van der Waals surface area contributed by atoms with Crippen LogP contribution in [-0.4, -0.2) is 37.8 Å². The normalized spacial score (nSPS) is 19.2. The van der Waals surface area contributed by atoms with Crippen molar-refractivity contribution in [2.45, 2.75) is 37.0 Å². The molecule has 0 bridgehead atoms. The number of thioether (sulfide) groups is 1. The van der Waals surface area contributed by atoms with Gasteiger partial charge in [0.05, 0.1) is 6.10 Å². The third kappa shape index (κ3) is 2.66. The fourth-order valence-corrected chi connectivity index (χ4v) is 3.32. The lowest BCUT2D eigenvalue weighted by atomic mass is 10.1. The molecular formula is C14H17N3O2S. The van der Waals surface area contributed by atoms with Gasteiger partial charge in [-0.3, -0.25) is 4.68 Å². The summed E-state index contributed by atoms with van der Waals surface area (Å²) in [5.74, 6) is 2.40. The Morgan fingerprint density at radius 3 is 3.20 bits per heavy atom. The molecule has 1 aromatic carbocycles. The van der Waals surface area contributed by atoms with E-state index in [2.05, 4.69) is 10.1 Å². The van der Waals surface area contributed by atoms with E-state index >= 15 is 0 Å². The topological polar surface area (TPSA) is 60.2 Å². The minimum atomic E-state index is -0.578. The highest BCUT2D eigenvalue weighted by atomic mass is 32.2. The number of hydrogen-bond donors (Lipinski definition) is 1. The number of nitrogens with zero attached hydrogens (tertiary/aromatic N) is 3. The van der Waals surface area contributed by atoms with E-state index in [4.69, 9.17) is 4.74 Å². The van der Waals surface area contributed by atoms with E-state index in [1.165, 1.54) is 6.33 Å². The van der Waals surface area contributed by atoms with Gasteiger partial charge in [0, 0.05) is 23.6 Å². The zero-order valence-corrected chi connectivity index (χ0v) is 12.1. The Hall–Kier alpha value is -1.53. The largest absolute Gasteiger partial charge is 0.486 e. The van der Waals surface area contributed by atoms with Crippen molar-refractivity contribution in [1.82, 2.24) is 14.8 Å². The summed E-state index contributed by atoms with van der Waals surface area (Å²) in [5.41, 5.74) is 0. The van der Waals surface area contributed by atoms with E-state index in [0.717, 1.165) is 28.8 Å². The van der Waals surface area contributed by atoms with Crippen LogP contribution in [0.15, 0.2) is 35.5 Å². The first-order chi connectivity index (χ1) is 9.78. The molecule has 2 aromatic rings. The van der Waals surface area contributed by atoms with Crippen LogP contribution in [-0.2, 0) is 13.0 Å². The molecule has 0 fully saturated rings. The molecule has 0 saturated heterocycles. The lowest BCUT2D eigenvalue weighted by Gasteiger charge is -2.28. The quantitative estimate of drug-likeness (QED) is 0.930. The number of para-hydroxylation sites is 1. The van der Waals surface area contributed by atoms with Crippen LogP contribution in [0.4, 0.5) is 0 Å². The second kappa shape index (κ2) is 5.85. The first-order valence-electron chi connectivity index (χ1n) is 6.71. The van der Waals surface area contributed by atoms with Crippen LogP contribution >= 0.6 is 11.8 Å². The van der Waals surface area contributed by atoms with Crippen molar-refractivity contribution >= 4 is 11.8 Å². The Balaban J connectivity index is 1.68. The Labute approximate surface area is 122 Å². The van der Waals surface area contributed by atoms with E-state index in [-0.39, 0.29) is 6.10 Å². The SMILES string of the molecule is CCn1ncnc1CC(O)C1CSc2ccccc2O1. The molecule has 20 heavy (non-hydrogen) atoms. The van der Waals surface area contributed by atoms with Crippen molar-refractivity contribution in [1.29, 1.82) is 0 Å². The number of aromatic nitrogens is 3. The predicted molar refractivity (Wildman–Crippen MR) is 77.0 cm³/mol. The Bertz CT molecular complexity index is 587. The van der Waals surface area contributed by atoms with Gasteiger partial charge in [-0.25, -0.2) is 4.98 Å². The second-order valence-electron chi connectivity index (χ2n) is 4.68. The molecule has 106 valence electrons. The molecule has 0 amide bonds. The summed E-state index contributed by atoms with van der Waals surface area (Å²) in [7, 11) is 0. The average Bonchev–Trinajstić information content (AvgIpc) is 2.94. The number of ether oxygens (including phenoxy) is 1. The van der Waals surface area contributed by atoms with Crippen molar-refractivity contribution in [2.75, 3.05) is 5.75 Å². The number of benzene rings is 1. The first kappa shape index (κ1) is 13.5. The van der Waals surface area contributed by atoms with Crippen LogP contribution in [0.5, 0.6) is 5.75 Å². The molecule has 0 radical (unpaired) electrons. The van der Waals surface area contributed by atoms with E-state index in [1.807, 2.05) is 31.2 Å². The Morgan fingerprint density at radius 1 is 1.50 bits per heavy atom. The molecule has 0 saturated carbocycles. The van der Waals surface area contributed by atoms with E-state index < -0.39 is 6.10 Å². The Kier molecular flexibility index (Phi) is 3.93. The van der Waals surface area contributed by atoms with Gasteiger partial charge in [0.1, 0.15) is 24.0 Å². The maximum atomic E-state index is 10.4. The lowest BCUT2D eigenvalue weighted by Crippen LogP contribution is -2.38. The van der Waals surface area contributed by atoms with Crippen LogP contribution in [0, 0.1) is 0 Å². The van der Waals surface area contributed by atoms with Gasteiger partial charge in [-0.2, -0.15) is 5.10 Å². The molecule has 2 unspecified atom stereocenters. The highest BCUT2D eigenvalue weighted by Crippen LogP contribution is 2.35. The molecule has 0 aliphatic carbocycles. The summed E-state index contributed by atoms with van der Waals surface area (Å²) in [5, 5.41) is 14.5. The summed E-state index contributed by atoms with van der Waals surface area (Å²) in [4.78, 5) is 5.33. The molecule has 1 aromatic heterocycles. The summed E-state index contributed by atoms with van der Waals surface area (Å²) < 4.78 is 7.69. The van der Waals surface area contributed by atoms with Crippen molar-refractivity contribution in [2.24, 2.45) is 0 Å². The minimum absolute atomic E-state index is 0.211. The standard InChI is InChI=1S/C14H17N3O2S/c1-2-17-14(15-9-16-17)7-10(18)12-8-20-13-6-4-3-5-11(13)19-12/h3-6,9-10,12,18H,2,7-8H2,1H3. The zero-order valence-electron chi connectivity index (χ0n) is 11.3. The summed E-state index contributed by atoms with van der Waals surface area (Å²) >= 11 is 1.72. The molecule has 0 spiro atoms. The lowest BCUT2D eigenvalue weighted by molar-refractivity contribution is 0.0449. The van der Waals surface area contributed by atoms with Gasteiger partial charge in [-0.05, 0) is 19.1 Å². The number of aryl methyl sites for hydroxylation is 1.